The lowest BCUT2D eigenvalue weighted by Crippen LogP contribution is -2.53. The van der Waals surface area contributed by atoms with E-state index in [0.717, 1.165) is 12.0 Å². The van der Waals surface area contributed by atoms with Crippen LogP contribution in [0.4, 0.5) is 0 Å². The molecule has 0 unspecified atom stereocenters. The monoisotopic (exact) mass is 441 g/mol. The van der Waals surface area contributed by atoms with Gasteiger partial charge in [0.25, 0.3) is 0 Å². The second kappa shape index (κ2) is 12.5. The van der Waals surface area contributed by atoms with E-state index in [4.69, 9.17) is 17.5 Å². The summed E-state index contributed by atoms with van der Waals surface area (Å²) in [7, 11) is 6.26. The Hall–Kier alpha value is -3.30. The van der Waals surface area contributed by atoms with Crippen molar-refractivity contribution in [1.82, 2.24) is 10.6 Å². The molecule has 9 nitrogen and oxygen atoms in total. The van der Waals surface area contributed by atoms with Crippen LogP contribution >= 0.6 is 0 Å². The van der Waals surface area contributed by atoms with Crippen LogP contribution < -0.4 is 15.4 Å². The molecule has 0 fully saturated rings. The molecule has 2 amide bonds. The molecule has 2 aliphatic heterocycles. The topological polar surface area (TPSA) is 115 Å². The maximum Gasteiger partial charge on any atom is 0.375 e. The Morgan fingerprint density at radius 1 is 1.25 bits per heavy atom. The third-order valence-corrected chi connectivity index (χ3v) is 4.72. The number of amides is 2. The number of esters is 1. The number of carbonyl (C=O) groups is 3. The first-order valence-electron chi connectivity index (χ1n) is 10.3. The number of carbonyl (C=O) groups excluding carboxylic acids is 3. The summed E-state index contributed by atoms with van der Waals surface area (Å²) in [6.45, 7) is 4.04. The first kappa shape index (κ1) is 25.0. The molecule has 2 N–H and O–H groups in total. The van der Waals surface area contributed by atoms with E-state index in [0.29, 0.717) is 12.2 Å². The predicted molar refractivity (Wildman–Crippen MR) is 119 cm³/mol. The largest absolute Gasteiger partial charge is 0.560 e. The Kier molecular flexibility index (Phi) is 9.78. The van der Waals surface area contributed by atoms with E-state index in [1.165, 1.54) is 13.2 Å². The molecule has 2 radical (unpaired) electrons. The molecule has 10 heteroatoms. The second-order valence-corrected chi connectivity index (χ2v) is 7.69. The van der Waals surface area contributed by atoms with Crippen molar-refractivity contribution in [2.24, 2.45) is 10.9 Å². The van der Waals surface area contributed by atoms with Crippen LogP contribution in [0.3, 0.4) is 0 Å². The zero-order valence-corrected chi connectivity index (χ0v) is 18.4. The summed E-state index contributed by atoms with van der Waals surface area (Å²) in [6, 6.07) is 4.39. The lowest BCUT2D eigenvalue weighted by Gasteiger charge is -2.24. The molecule has 3 rings (SSSR count). The zero-order valence-electron chi connectivity index (χ0n) is 18.4. The van der Waals surface area contributed by atoms with Crippen molar-refractivity contribution >= 4 is 32.2 Å². The van der Waals surface area contributed by atoms with Crippen LogP contribution in [-0.2, 0) is 30.2 Å². The third kappa shape index (κ3) is 7.75. The maximum absolute atomic E-state index is 13.0. The number of nitrogens with zero attached hydrogens (tertiary/aromatic N) is 1. The summed E-state index contributed by atoms with van der Waals surface area (Å²) in [5.74, 6) is -0.926. The highest BCUT2D eigenvalue weighted by atomic mass is 16.5. The van der Waals surface area contributed by atoms with Gasteiger partial charge in [-0.2, -0.15) is 0 Å². The van der Waals surface area contributed by atoms with Gasteiger partial charge in [-0.25, -0.2) is 9.79 Å². The highest BCUT2D eigenvalue weighted by Crippen LogP contribution is 2.15. The first-order chi connectivity index (χ1) is 15.3. The third-order valence-electron chi connectivity index (χ3n) is 4.72. The number of aliphatic imine (C=N–C) groups is 1. The van der Waals surface area contributed by atoms with E-state index in [-0.39, 0.29) is 18.9 Å². The van der Waals surface area contributed by atoms with Gasteiger partial charge in [0.1, 0.15) is 30.5 Å². The number of benzene rings is 1. The Morgan fingerprint density at radius 2 is 1.97 bits per heavy atom. The molecular weight excluding hydrogens is 413 g/mol. The fraction of sp³-hybridized carbons (Fsp3) is 0.455. The Bertz CT molecular complexity index is 841. The molecular formula is C22H28BN3O6. The summed E-state index contributed by atoms with van der Waals surface area (Å²) in [4.78, 5) is 42.2. The van der Waals surface area contributed by atoms with Crippen molar-refractivity contribution in [1.29, 1.82) is 0 Å². The van der Waals surface area contributed by atoms with Crippen molar-refractivity contribution in [2.75, 3.05) is 13.7 Å². The molecule has 0 aliphatic carbocycles. The van der Waals surface area contributed by atoms with Gasteiger partial charge in [0, 0.05) is 6.42 Å². The number of methoxy groups -OCH3 is 1. The van der Waals surface area contributed by atoms with E-state index in [2.05, 4.69) is 20.3 Å². The standard InChI is InChI=1S/C22H28BN3O6/c1-14(2)11-19-21(28)25-17(22(29)30-3)5-4-10-31-16-8-6-15(7-9-16)12-18(20(27)26-19)24-13-32-23/h4-9,13-14,17-19H,10-12H2,1-3H3,(H,25,28)(H,26,27)/b5-4+,24-13?/t17-,18-,19-/m0/s1. The SMILES string of the molecule is [B]OC=N[C@H]1Cc2ccc(cc2)OC/C=C/[C@@H](C(=O)OC)NC(=O)[C@H](CC(C)C)NC1=O. The summed E-state index contributed by atoms with van der Waals surface area (Å²) >= 11 is 0. The van der Waals surface area contributed by atoms with Crippen LogP contribution in [0.1, 0.15) is 25.8 Å². The van der Waals surface area contributed by atoms with Gasteiger partial charge in [0.2, 0.25) is 11.8 Å². The molecule has 0 aromatic heterocycles. The molecule has 2 aliphatic rings. The number of hydrogen-bond donors (Lipinski definition) is 2. The minimum absolute atomic E-state index is 0.0963. The van der Waals surface area contributed by atoms with Crippen LogP contribution in [0.2, 0.25) is 0 Å². The predicted octanol–water partition coefficient (Wildman–Crippen LogP) is 0.863. The number of fused-ring (bicyclic) bond motifs is 12. The van der Waals surface area contributed by atoms with Crippen LogP contribution in [-0.4, -0.2) is 64.1 Å². The highest BCUT2D eigenvalue weighted by molar-refractivity contribution is 6.02. The van der Waals surface area contributed by atoms with Gasteiger partial charge in [-0.3, -0.25) is 9.59 Å². The molecule has 0 saturated carbocycles. The van der Waals surface area contributed by atoms with Crippen molar-refractivity contribution in [3.05, 3.63) is 42.0 Å². The quantitative estimate of drug-likeness (QED) is 0.230. The zero-order chi connectivity index (χ0) is 23.5. The minimum Gasteiger partial charge on any atom is -0.560 e. The number of hydrogen-bond acceptors (Lipinski definition) is 7. The molecule has 2 bridgehead atoms. The van der Waals surface area contributed by atoms with Gasteiger partial charge in [0.15, 0.2) is 6.40 Å². The van der Waals surface area contributed by atoms with Gasteiger partial charge in [-0.05, 0) is 36.1 Å². The van der Waals surface area contributed by atoms with Crippen LogP contribution in [0, 0.1) is 5.92 Å². The fourth-order valence-electron chi connectivity index (χ4n) is 3.14. The Morgan fingerprint density at radius 3 is 2.59 bits per heavy atom. The Labute approximate surface area is 189 Å². The van der Waals surface area contributed by atoms with E-state index < -0.39 is 35.9 Å². The normalized spacial score (nSPS) is 23.3. The smallest absolute Gasteiger partial charge is 0.375 e. The molecule has 0 spiro atoms. The maximum atomic E-state index is 13.0. The minimum atomic E-state index is -1.03. The Balaban J connectivity index is 2.39. The van der Waals surface area contributed by atoms with Crippen molar-refractivity contribution in [3.8, 4) is 5.75 Å². The van der Waals surface area contributed by atoms with Gasteiger partial charge in [-0.1, -0.05) is 32.1 Å². The van der Waals surface area contributed by atoms with Crippen LogP contribution in [0.5, 0.6) is 5.75 Å². The summed E-state index contributed by atoms with van der Waals surface area (Å²) in [6.07, 6.45) is 4.71. The summed E-state index contributed by atoms with van der Waals surface area (Å²) in [5.41, 5.74) is 0.838. The highest BCUT2D eigenvalue weighted by Gasteiger charge is 2.29. The van der Waals surface area contributed by atoms with Gasteiger partial charge in [0.05, 0.1) is 7.11 Å². The lowest BCUT2D eigenvalue weighted by molar-refractivity contribution is -0.144. The summed E-state index contributed by atoms with van der Waals surface area (Å²) in [5, 5.41) is 5.37. The molecule has 170 valence electrons. The van der Waals surface area contributed by atoms with E-state index >= 15 is 0 Å². The molecule has 2 heterocycles. The first-order valence-corrected chi connectivity index (χ1v) is 10.3. The van der Waals surface area contributed by atoms with Gasteiger partial charge >= 0.3 is 14.0 Å². The average molecular weight is 441 g/mol. The number of nitrogens with one attached hydrogen (secondary N) is 2. The molecule has 32 heavy (non-hydrogen) atoms. The molecule has 1 aromatic carbocycles. The molecule has 0 saturated heterocycles. The van der Waals surface area contributed by atoms with E-state index in [1.807, 2.05) is 26.0 Å². The molecule has 3 atom stereocenters. The number of ether oxygens (including phenoxy) is 2. The lowest BCUT2D eigenvalue weighted by atomic mass is 10.0. The van der Waals surface area contributed by atoms with E-state index in [9.17, 15) is 14.4 Å². The van der Waals surface area contributed by atoms with Gasteiger partial charge < -0.3 is 24.8 Å². The second-order valence-electron chi connectivity index (χ2n) is 7.69. The average Bonchev–Trinajstić information content (AvgIpc) is 2.77. The number of rotatable bonds is 5. The van der Waals surface area contributed by atoms with Crippen LogP contribution in [0.15, 0.2) is 41.4 Å². The summed E-state index contributed by atoms with van der Waals surface area (Å²) < 4.78 is 14.8. The van der Waals surface area contributed by atoms with Crippen LogP contribution in [0.25, 0.3) is 0 Å². The van der Waals surface area contributed by atoms with E-state index in [1.54, 1.807) is 18.2 Å². The van der Waals surface area contributed by atoms with Crippen molar-refractivity contribution in [3.63, 3.8) is 0 Å². The van der Waals surface area contributed by atoms with Crippen molar-refractivity contribution in [2.45, 2.75) is 44.8 Å². The fourth-order valence-corrected chi connectivity index (χ4v) is 3.14. The van der Waals surface area contributed by atoms with Crippen molar-refractivity contribution < 1.29 is 28.5 Å². The van der Waals surface area contributed by atoms with Gasteiger partial charge in [-0.15, -0.1) is 0 Å². The molecule has 1 aromatic rings.